The van der Waals surface area contributed by atoms with E-state index in [0.29, 0.717) is 17.4 Å². The lowest BCUT2D eigenvalue weighted by Gasteiger charge is -2.19. The number of nitrogens with one attached hydrogen (secondary N) is 1. The lowest BCUT2D eigenvalue weighted by atomic mass is 10.2. The molecule has 0 aliphatic heterocycles. The number of aryl methyl sites for hydroxylation is 1. The lowest BCUT2D eigenvalue weighted by molar-refractivity contribution is -0.128. The first kappa shape index (κ1) is 18.1. The first-order chi connectivity index (χ1) is 11.5. The van der Waals surface area contributed by atoms with Crippen LogP contribution in [0.2, 0.25) is 5.02 Å². The summed E-state index contributed by atoms with van der Waals surface area (Å²) in [5.41, 5.74) is 1.07. The third kappa shape index (κ3) is 5.46. The first-order valence-electron chi connectivity index (χ1n) is 7.86. The minimum absolute atomic E-state index is 0.131. The van der Waals surface area contributed by atoms with Gasteiger partial charge in [0.25, 0.3) is 5.91 Å². The zero-order valence-electron chi connectivity index (χ0n) is 14.1. The van der Waals surface area contributed by atoms with E-state index in [-0.39, 0.29) is 11.9 Å². The summed E-state index contributed by atoms with van der Waals surface area (Å²) in [4.78, 5) is 12.2. The summed E-state index contributed by atoms with van der Waals surface area (Å²) >= 11 is 5.83. The topological polar surface area (TPSA) is 47.6 Å². The van der Waals surface area contributed by atoms with Crippen LogP contribution in [-0.2, 0) is 4.79 Å². The van der Waals surface area contributed by atoms with Gasteiger partial charge in [-0.2, -0.15) is 0 Å². The Morgan fingerprint density at radius 2 is 1.79 bits per heavy atom. The maximum atomic E-state index is 12.2. The van der Waals surface area contributed by atoms with Crippen LogP contribution in [0.3, 0.4) is 0 Å². The van der Waals surface area contributed by atoms with Gasteiger partial charge in [0.2, 0.25) is 0 Å². The van der Waals surface area contributed by atoms with Gasteiger partial charge in [0.1, 0.15) is 18.1 Å². The standard InChI is InChI=1S/C19H22ClNO3/c1-13-6-4-5-7-18(13)23-12-14(2)21-19(22)15(3)24-17-10-8-16(20)9-11-17/h4-11,14-15H,12H2,1-3H3,(H,21,22)/t14-,15+/m1/s1. The molecule has 1 amide bonds. The van der Waals surface area contributed by atoms with Gasteiger partial charge in [0, 0.05) is 5.02 Å². The molecule has 4 nitrogen and oxygen atoms in total. The Labute approximate surface area is 147 Å². The summed E-state index contributed by atoms with van der Waals surface area (Å²) in [6.07, 6.45) is -0.605. The third-order valence-corrected chi connectivity index (χ3v) is 3.72. The van der Waals surface area contributed by atoms with E-state index in [2.05, 4.69) is 5.32 Å². The van der Waals surface area contributed by atoms with Gasteiger partial charge in [-0.05, 0) is 56.7 Å². The predicted molar refractivity (Wildman–Crippen MR) is 95.8 cm³/mol. The molecule has 2 atom stereocenters. The number of halogens is 1. The molecular weight excluding hydrogens is 326 g/mol. The molecule has 0 saturated carbocycles. The smallest absolute Gasteiger partial charge is 0.261 e. The van der Waals surface area contributed by atoms with Crippen molar-refractivity contribution >= 4 is 17.5 Å². The van der Waals surface area contributed by atoms with Crippen LogP contribution in [0.25, 0.3) is 0 Å². The Hall–Kier alpha value is -2.20. The number of hydrogen-bond donors (Lipinski definition) is 1. The average Bonchev–Trinajstić information content (AvgIpc) is 2.56. The minimum Gasteiger partial charge on any atom is -0.491 e. The molecule has 0 heterocycles. The molecule has 0 radical (unpaired) electrons. The van der Waals surface area contributed by atoms with Gasteiger partial charge >= 0.3 is 0 Å². The van der Waals surface area contributed by atoms with E-state index in [1.807, 2.05) is 38.1 Å². The van der Waals surface area contributed by atoms with Gasteiger partial charge in [-0.3, -0.25) is 4.79 Å². The molecule has 0 aromatic heterocycles. The summed E-state index contributed by atoms with van der Waals surface area (Å²) in [6, 6.07) is 14.6. The molecule has 2 aromatic carbocycles. The zero-order chi connectivity index (χ0) is 17.5. The molecule has 2 rings (SSSR count). The normalized spacial score (nSPS) is 13.0. The molecule has 0 saturated heterocycles. The van der Waals surface area contributed by atoms with Crippen molar-refractivity contribution in [1.29, 1.82) is 0 Å². The van der Waals surface area contributed by atoms with Crippen molar-refractivity contribution in [3.63, 3.8) is 0 Å². The molecule has 1 N–H and O–H groups in total. The third-order valence-electron chi connectivity index (χ3n) is 3.47. The Morgan fingerprint density at radius 1 is 1.12 bits per heavy atom. The van der Waals surface area contributed by atoms with Crippen LogP contribution < -0.4 is 14.8 Å². The maximum Gasteiger partial charge on any atom is 0.261 e. The fourth-order valence-electron chi connectivity index (χ4n) is 2.11. The molecule has 0 bridgehead atoms. The molecule has 24 heavy (non-hydrogen) atoms. The maximum absolute atomic E-state index is 12.2. The van der Waals surface area contributed by atoms with Crippen LogP contribution in [0.15, 0.2) is 48.5 Å². The summed E-state index contributed by atoms with van der Waals surface area (Å²) in [5.74, 6) is 1.24. The van der Waals surface area contributed by atoms with E-state index >= 15 is 0 Å². The molecule has 5 heteroatoms. The van der Waals surface area contributed by atoms with Crippen molar-refractivity contribution in [2.45, 2.75) is 32.9 Å². The van der Waals surface area contributed by atoms with Crippen molar-refractivity contribution in [1.82, 2.24) is 5.32 Å². The lowest BCUT2D eigenvalue weighted by Crippen LogP contribution is -2.43. The van der Waals surface area contributed by atoms with Crippen molar-refractivity contribution in [3.8, 4) is 11.5 Å². The van der Waals surface area contributed by atoms with Gasteiger partial charge in [-0.15, -0.1) is 0 Å². The first-order valence-corrected chi connectivity index (χ1v) is 8.24. The number of amides is 1. The number of ether oxygens (including phenoxy) is 2. The zero-order valence-corrected chi connectivity index (χ0v) is 14.8. The van der Waals surface area contributed by atoms with E-state index in [1.165, 1.54) is 0 Å². The Balaban J connectivity index is 1.80. The van der Waals surface area contributed by atoms with Crippen LogP contribution in [0.5, 0.6) is 11.5 Å². The summed E-state index contributed by atoms with van der Waals surface area (Å²) < 4.78 is 11.3. The number of carbonyl (C=O) groups is 1. The van der Waals surface area contributed by atoms with Crippen molar-refractivity contribution in [2.75, 3.05) is 6.61 Å². The van der Waals surface area contributed by atoms with Crippen LogP contribution in [0.4, 0.5) is 0 Å². The molecule has 0 spiro atoms. The van der Waals surface area contributed by atoms with Gasteiger partial charge < -0.3 is 14.8 Å². The van der Waals surface area contributed by atoms with Gasteiger partial charge in [-0.1, -0.05) is 29.8 Å². The van der Waals surface area contributed by atoms with Gasteiger partial charge in [-0.25, -0.2) is 0 Å². The molecular formula is C19H22ClNO3. The van der Waals surface area contributed by atoms with Crippen LogP contribution in [0, 0.1) is 6.92 Å². The summed E-state index contributed by atoms with van der Waals surface area (Å²) in [5, 5.41) is 3.51. The number of para-hydroxylation sites is 1. The van der Waals surface area contributed by atoms with E-state index in [0.717, 1.165) is 11.3 Å². The predicted octanol–water partition coefficient (Wildman–Crippen LogP) is 4.00. The minimum atomic E-state index is -0.605. The van der Waals surface area contributed by atoms with Crippen LogP contribution >= 0.6 is 11.6 Å². The van der Waals surface area contributed by atoms with Gasteiger partial charge in [0.15, 0.2) is 6.10 Å². The number of hydrogen-bond acceptors (Lipinski definition) is 3. The number of carbonyl (C=O) groups excluding carboxylic acids is 1. The second-order valence-electron chi connectivity index (χ2n) is 5.70. The van der Waals surface area contributed by atoms with E-state index < -0.39 is 6.10 Å². The van der Waals surface area contributed by atoms with E-state index in [4.69, 9.17) is 21.1 Å². The molecule has 0 unspecified atom stereocenters. The second-order valence-corrected chi connectivity index (χ2v) is 6.14. The highest BCUT2D eigenvalue weighted by molar-refractivity contribution is 6.30. The molecule has 128 valence electrons. The summed E-state index contributed by atoms with van der Waals surface area (Å²) in [7, 11) is 0. The highest BCUT2D eigenvalue weighted by Crippen LogP contribution is 2.17. The van der Waals surface area contributed by atoms with Crippen LogP contribution in [-0.4, -0.2) is 24.7 Å². The van der Waals surface area contributed by atoms with Crippen LogP contribution in [0.1, 0.15) is 19.4 Å². The molecule has 0 aliphatic carbocycles. The molecule has 0 fully saturated rings. The Bertz CT molecular complexity index is 673. The largest absolute Gasteiger partial charge is 0.491 e. The molecule has 0 aliphatic rings. The van der Waals surface area contributed by atoms with Crippen molar-refractivity contribution in [2.24, 2.45) is 0 Å². The second kappa shape index (κ2) is 8.60. The average molecular weight is 348 g/mol. The SMILES string of the molecule is Cc1ccccc1OC[C@@H](C)NC(=O)[C@H](C)Oc1ccc(Cl)cc1. The van der Waals surface area contributed by atoms with Crippen molar-refractivity contribution < 1.29 is 14.3 Å². The van der Waals surface area contributed by atoms with E-state index in [9.17, 15) is 4.79 Å². The Morgan fingerprint density at radius 3 is 2.46 bits per heavy atom. The highest BCUT2D eigenvalue weighted by atomic mass is 35.5. The highest BCUT2D eigenvalue weighted by Gasteiger charge is 2.17. The Kier molecular flexibility index (Phi) is 6.50. The van der Waals surface area contributed by atoms with Crippen molar-refractivity contribution in [3.05, 3.63) is 59.1 Å². The number of benzene rings is 2. The van der Waals surface area contributed by atoms with Gasteiger partial charge in [0.05, 0.1) is 6.04 Å². The fraction of sp³-hybridized carbons (Fsp3) is 0.316. The molecule has 2 aromatic rings. The summed E-state index contributed by atoms with van der Waals surface area (Å²) in [6.45, 7) is 5.98. The quantitative estimate of drug-likeness (QED) is 0.823. The number of rotatable bonds is 7. The monoisotopic (exact) mass is 347 g/mol. The fourth-order valence-corrected chi connectivity index (χ4v) is 2.23. The van der Waals surface area contributed by atoms with E-state index in [1.54, 1.807) is 31.2 Å².